The van der Waals surface area contributed by atoms with E-state index >= 15 is 0 Å². The number of anilines is 1. The Hall–Kier alpha value is -1.75. The predicted molar refractivity (Wildman–Crippen MR) is 63.8 cm³/mol. The van der Waals surface area contributed by atoms with Gasteiger partial charge in [-0.25, -0.2) is 0 Å². The molecule has 16 heavy (non-hydrogen) atoms. The van der Waals surface area contributed by atoms with Gasteiger partial charge in [-0.15, -0.1) is 0 Å². The highest BCUT2D eigenvalue weighted by Gasteiger charge is 2.19. The maximum Gasteiger partial charge on any atom is 0.235 e. The van der Waals surface area contributed by atoms with Crippen molar-refractivity contribution >= 4 is 29.3 Å². The Morgan fingerprint density at radius 3 is 2.56 bits per heavy atom. The Morgan fingerprint density at radius 2 is 1.88 bits per heavy atom. The van der Waals surface area contributed by atoms with E-state index in [1.807, 2.05) is 6.92 Å². The molecule has 1 aliphatic heterocycles. The second kappa shape index (κ2) is 2.89. The van der Waals surface area contributed by atoms with Gasteiger partial charge in [-0.1, -0.05) is 18.9 Å². The van der Waals surface area contributed by atoms with Crippen molar-refractivity contribution in [3.8, 4) is 0 Å². The molecule has 1 heterocycles. The van der Waals surface area contributed by atoms with Gasteiger partial charge in [-0.2, -0.15) is 0 Å². The molecule has 1 aliphatic carbocycles. The SMILES string of the molecule is Cc1ccc2c(=O)c3oc=3c(=O)c2c1NS. The number of fused-ring (bicyclic) bond motifs is 1. The maximum atomic E-state index is 11.9. The first kappa shape index (κ1) is 9.47. The zero-order valence-electron chi connectivity index (χ0n) is 8.33. The van der Waals surface area contributed by atoms with Crippen LogP contribution in [0.2, 0.25) is 0 Å². The van der Waals surface area contributed by atoms with E-state index in [1.54, 1.807) is 12.1 Å². The zero-order valence-corrected chi connectivity index (χ0v) is 9.22. The average molecular weight is 233 g/mol. The van der Waals surface area contributed by atoms with Gasteiger partial charge < -0.3 is 9.14 Å². The van der Waals surface area contributed by atoms with Crippen LogP contribution in [0.1, 0.15) is 5.56 Å². The number of hydrogen-bond acceptors (Lipinski definition) is 5. The molecule has 0 radical (unpaired) electrons. The monoisotopic (exact) mass is 233 g/mol. The Morgan fingerprint density at radius 1 is 1.19 bits per heavy atom. The molecule has 0 spiro atoms. The lowest BCUT2D eigenvalue weighted by Gasteiger charge is -2.05. The molecule has 3 rings (SSSR count). The lowest BCUT2D eigenvalue weighted by atomic mass is 10.1. The van der Waals surface area contributed by atoms with Gasteiger partial charge in [-0.3, -0.25) is 9.59 Å². The average Bonchev–Trinajstić information content (AvgIpc) is 3.05. The lowest BCUT2D eigenvalue weighted by Crippen LogP contribution is -2.10. The Bertz CT molecular complexity index is 839. The fraction of sp³-hybridized carbons (Fsp3) is 0.0909. The van der Waals surface area contributed by atoms with E-state index in [0.717, 1.165) is 5.56 Å². The summed E-state index contributed by atoms with van der Waals surface area (Å²) >= 11 is 3.96. The van der Waals surface area contributed by atoms with Gasteiger partial charge in [0.15, 0.2) is 0 Å². The highest BCUT2D eigenvalue weighted by molar-refractivity contribution is 7.81. The highest BCUT2D eigenvalue weighted by atomic mass is 32.1. The molecule has 0 bridgehead atoms. The summed E-state index contributed by atoms with van der Waals surface area (Å²) in [6, 6.07) is 3.42. The van der Waals surface area contributed by atoms with Gasteiger partial charge in [0.05, 0.1) is 11.1 Å². The molecule has 1 aromatic rings. The van der Waals surface area contributed by atoms with Crippen molar-refractivity contribution in [2.75, 3.05) is 4.72 Å². The Balaban J connectivity index is 2.72. The van der Waals surface area contributed by atoms with Crippen molar-refractivity contribution in [2.45, 2.75) is 6.92 Å². The molecule has 0 unspecified atom stereocenters. The van der Waals surface area contributed by atoms with Crippen molar-refractivity contribution in [2.24, 2.45) is 0 Å². The molecular formula is C11H7NO3S. The Kier molecular flexibility index (Phi) is 1.71. The number of rotatable bonds is 1. The molecule has 0 aromatic heterocycles. The number of thiol groups is 1. The van der Waals surface area contributed by atoms with Crippen LogP contribution < -0.4 is 15.6 Å². The van der Waals surface area contributed by atoms with E-state index in [1.165, 1.54) is 0 Å². The lowest BCUT2D eigenvalue weighted by molar-refractivity contribution is 0.636. The number of nitrogens with one attached hydrogen (secondary N) is 1. The van der Waals surface area contributed by atoms with Gasteiger partial charge >= 0.3 is 0 Å². The van der Waals surface area contributed by atoms with Crippen LogP contribution in [0.25, 0.3) is 10.8 Å². The van der Waals surface area contributed by atoms with Crippen molar-refractivity contribution in [1.82, 2.24) is 0 Å². The standard InChI is InChI=1S/C11H7NO3S/c1-4-2-3-5-6(7(4)12-16)9(14)11-10(15-11)8(5)13/h2-3,12,16H,1H3. The van der Waals surface area contributed by atoms with Crippen LogP contribution >= 0.6 is 12.8 Å². The van der Waals surface area contributed by atoms with Gasteiger partial charge in [0.1, 0.15) is 0 Å². The molecule has 0 saturated heterocycles. The largest absolute Gasteiger partial charge is 0.441 e. The van der Waals surface area contributed by atoms with Crippen molar-refractivity contribution < 1.29 is 4.42 Å². The Labute approximate surface area is 94.8 Å². The van der Waals surface area contributed by atoms with Crippen LogP contribution in [-0.2, 0) is 0 Å². The molecule has 0 fully saturated rings. The van der Waals surface area contributed by atoms with Crippen LogP contribution in [0.4, 0.5) is 5.69 Å². The predicted octanol–water partition coefficient (Wildman–Crippen LogP) is 1.32. The smallest absolute Gasteiger partial charge is 0.235 e. The second-order valence-electron chi connectivity index (χ2n) is 3.71. The van der Waals surface area contributed by atoms with Crippen molar-refractivity contribution in [3.63, 3.8) is 0 Å². The van der Waals surface area contributed by atoms with Gasteiger partial charge in [0, 0.05) is 5.39 Å². The van der Waals surface area contributed by atoms with Gasteiger partial charge in [0.25, 0.3) is 0 Å². The fourth-order valence-electron chi connectivity index (χ4n) is 1.89. The molecule has 0 amide bonds. The van der Waals surface area contributed by atoms with E-state index in [2.05, 4.69) is 17.5 Å². The summed E-state index contributed by atoms with van der Waals surface area (Å²) in [6.45, 7) is 1.84. The van der Waals surface area contributed by atoms with Crippen LogP contribution in [0.5, 0.6) is 0 Å². The third-order valence-corrected chi connectivity index (χ3v) is 3.00. The molecule has 5 heteroatoms. The van der Waals surface area contributed by atoms with Gasteiger partial charge in [0.2, 0.25) is 21.7 Å². The van der Waals surface area contributed by atoms with Crippen molar-refractivity contribution in [3.05, 3.63) is 49.0 Å². The van der Waals surface area contributed by atoms with E-state index in [9.17, 15) is 9.59 Å². The van der Waals surface area contributed by atoms with Crippen LogP contribution in [0, 0.1) is 17.8 Å². The van der Waals surface area contributed by atoms with E-state index < -0.39 is 0 Å². The molecule has 1 aromatic carbocycles. The molecule has 1 N–H and O–H groups in total. The highest BCUT2D eigenvalue weighted by Crippen LogP contribution is 2.24. The summed E-state index contributed by atoms with van der Waals surface area (Å²) in [5, 5.41) is 0.736. The summed E-state index contributed by atoms with van der Waals surface area (Å²) in [4.78, 5) is 23.7. The van der Waals surface area contributed by atoms with E-state index in [0.29, 0.717) is 16.5 Å². The maximum absolute atomic E-state index is 11.9. The second-order valence-corrected chi connectivity index (χ2v) is 3.93. The van der Waals surface area contributed by atoms with Crippen LogP contribution in [0.3, 0.4) is 0 Å². The minimum Gasteiger partial charge on any atom is -0.441 e. The summed E-state index contributed by atoms with van der Waals surface area (Å²) < 4.78 is 7.56. The quantitative estimate of drug-likeness (QED) is 0.622. The first-order valence-electron chi connectivity index (χ1n) is 4.70. The molecular weight excluding hydrogens is 226 g/mol. The minimum absolute atomic E-state index is 0.174. The normalized spacial score (nSPS) is 11.6. The molecule has 2 aliphatic rings. The first-order chi connectivity index (χ1) is 7.65. The molecule has 80 valence electrons. The third-order valence-electron chi connectivity index (χ3n) is 2.78. The van der Waals surface area contributed by atoms with Gasteiger partial charge in [-0.05, 0) is 18.6 Å². The third kappa shape index (κ3) is 1.01. The zero-order chi connectivity index (χ0) is 11.4. The summed E-state index contributed by atoms with van der Waals surface area (Å²) in [6.07, 6.45) is 0. The summed E-state index contributed by atoms with van der Waals surface area (Å²) in [5.74, 6) is 0. The number of hydrogen-bond donors (Lipinski definition) is 2. The van der Waals surface area contributed by atoms with Crippen LogP contribution in [-0.4, -0.2) is 0 Å². The summed E-state index contributed by atoms with van der Waals surface area (Å²) in [5.41, 5.74) is 1.32. The summed E-state index contributed by atoms with van der Waals surface area (Å²) in [7, 11) is 0. The van der Waals surface area contributed by atoms with Crippen LogP contribution in [0.15, 0.2) is 26.1 Å². The van der Waals surface area contributed by atoms with E-state index in [4.69, 9.17) is 4.42 Å². The van der Waals surface area contributed by atoms with E-state index in [-0.39, 0.29) is 21.7 Å². The minimum atomic E-state index is -0.246. The fourth-order valence-corrected chi connectivity index (χ4v) is 2.18. The number of aryl methyl sites for hydroxylation is 1. The molecule has 0 atom stereocenters. The topological polar surface area (TPSA) is 59.3 Å². The molecule has 0 saturated carbocycles. The number of benzene rings is 1. The van der Waals surface area contributed by atoms with Crippen molar-refractivity contribution in [1.29, 1.82) is 0 Å². The molecule has 4 nitrogen and oxygen atoms in total. The first-order valence-corrected chi connectivity index (χ1v) is 5.15.